The SMILES string of the molecule is CNC(=O)C(C)S(=O)c1nccs1. The molecule has 0 fully saturated rings. The smallest absolute Gasteiger partial charge is 0.235 e. The zero-order valence-electron chi connectivity index (χ0n) is 7.31. The largest absolute Gasteiger partial charge is 0.358 e. The average molecular weight is 218 g/mol. The lowest BCUT2D eigenvalue weighted by Gasteiger charge is -2.06. The Labute approximate surface area is 82.8 Å². The maximum Gasteiger partial charge on any atom is 0.235 e. The molecule has 4 nitrogen and oxygen atoms in total. The van der Waals surface area contributed by atoms with Gasteiger partial charge in [-0.2, -0.15) is 0 Å². The fraction of sp³-hybridized carbons (Fsp3) is 0.429. The van der Waals surface area contributed by atoms with Crippen LogP contribution in [0.3, 0.4) is 0 Å². The minimum absolute atomic E-state index is 0.228. The van der Waals surface area contributed by atoms with Crippen LogP contribution in [0.1, 0.15) is 6.92 Å². The maximum absolute atomic E-state index is 11.6. The topological polar surface area (TPSA) is 59.1 Å². The fourth-order valence-corrected chi connectivity index (χ4v) is 2.88. The number of amides is 1. The van der Waals surface area contributed by atoms with Crippen molar-refractivity contribution in [2.45, 2.75) is 16.5 Å². The molecule has 0 aromatic carbocycles. The van der Waals surface area contributed by atoms with Gasteiger partial charge in [-0.1, -0.05) is 0 Å². The second kappa shape index (κ2) is 4.48. The Bertz CT molecular complexity index is 310. The third kappa shape index (κ3) is 2.35. The molecule has 0 aliphatic rings. The highest BCUT2D eigenvalue weighted by atomic mass is 32.2. The molecule has 2 atom stereocenters. The van der Waals surface area contributed by atoms with E-state index in [2.05, 4.69) is 10.3 Å². The second-order valence-corrected chi connectivity index (χ2v) is 5.19. The van der Waals surface area contributed by atoms with Crippen molar-refractivity contribution in [3.63, 3.8) is 0 Å². The number of aromatic nitrogens is 1. The third-order valence-electron chi connectivity index (χ3n) is 1.52. The number of nitrogens with one attached hydrogen (secondary N) is 1. The summed E-state index contributed by atoms with van der Waals surface area (Å²) in [7, 11) is 0.194. The van der Waals surface area contributed by atoms with Gasteiger partial charge >= 0.3 is 0 Å². The molecule has 0 aliphatic heterocycles. The fourth-order valence-electron chi connectivity index (χ4n) is 0.761. The molecule has 1 rings (SSSR count). The molecule has 0 saturated heterocycles. The standard InChI is InChI=1S/C7H10N2O2S2/c1-5(6(10)8-2)13(11)7-9-3-4-12-7/h3-5H,1-2H3,(H,8,10). The number of nitrogens with zero attached hydrogens (tertiary/aromatic N) is 1. The van der Waals surface area contributed by atoms with Crippen LogP contribution in [0.25, 0.3) is 0 Å². The summed E-state index contributed by atoms with van der Waals surface area (Å²) in [5.74, 6) is -0.228. The lowest BCUT2D eigenvalue weighted by Crippen LogP contribution is -2.32. The maximum atomic E-state index is 11.6. The predicted octanol–water partition coefficient (Wildman–Crippen LogP) is 0.385. The quantitative estimate of drug-likeness (QED) is 0.798. The number of thiazole rings is 1. The highest BCUT2D eigenvalue weighted by molar-refractivity contribution is 7.88. The van der Waals surface area contributed by atoms with Crippen LogP contribution in [0, 0.1) is 0 Å². The first-order valence-corrected chi connectivity index (χ1v) is 5.77. The van der Waals surface area contributed by atoms with E-state index in [0.717, 1.165) is 0 Å². The van der Waals surface area contributed by atoms with Gasteiger partial charge in [0.25, 0.3) is 0 Å². The van der Waals surface area contributed by atoms with Crippen LogP contribution in [0.5, 0.6) is 0 Å². The summed E-state index contributed by atoms with van der Waals surface area (Å²) < 4.78 is 12.1. The van der Waals surface area contributed by atoms with Crippen molar-refractivity contribution >= 4 is 28.0 Å². The molecule has 1 aromatic rings. The summed E-state index contributed by atoms with van der Waals surface area (Å²) in [5, 5.41) is 3.65. The summed E-state index contributed by atoms with van der Waals surface area (Å²) in [6.07, 6.45) is 1.58. The highest BCUT2D eigenvalue weighted by Gasteiger charge is 2.21. The highest BCUT2D eigenvalue weighted by Crippen LogP contribution is 2.13. The van der Waals surface area contributed by atoms with E-state index in [1.807, 2.05) is 0 Å². The Morgan fingerprint density at radius 1 is 1.77 bits per heavy atom. The number of carbonyl (C=O) groups is 1. The Kier molecular flexibility index (Phi) is 3.56. The molecule has 0 spiro atoms. The predicted molar refractivity (Wildman–Crippen MR) is 52.1 cm³/mol. The molecule has 0 aliphatic carbocycles. The van der Waals surface area contributed by atoms with Gasteiger partial charge in [0.15, 0.2) is 4.34 Å². The molecule has 2 unspecified atom stereocenters. The summed E-state index contributed by atoms with van der Waals surface area (Å²) in [5.41, 5.74) is 0. The molecular formula is C7H10N2O2S2. The number of hydrogen-bond acceptors (Lipinski definition) is 4. The summed E-state index contributed by atoms with van der Waals surface area (Å²) in [6.45, 7) is 1.62. The molecule has 1 N–H and O–H groups in total. The third-order valence-corrected chi connectivity index (χ3v) is 4.17. The van der Waals surface area contributed by atoms with E-state index in [9.17, 15) is 9.00 Å². The second-order valence-electron chi connectivity index (χ2n) is 2.35. The first-order chi connectivity index (χ1) is 6.16. The normalized spacial score (nSPS) is 14.9. The Morgan fingerprint density at radius 3 is 2.92 bits per heavy atom. The summed E-state index contributed by atoms with van der Waals surface area (Å²) in [4.78, 5) is 15.0. The van der Waals surface area contributed by atoms with E-state index in [4.69, 9.17) is 0 Å². The van der Waals surface area contributed by atoms with Crippen molar-refractivity contribution in [2.75, 3.05) is 7.05 Å². The number of rotatable bonds is 3. The monoisotopic (exact) mass is 218 g/mol. The molecule has 6 heteroatoms. The van der Waals surface area contributed by atoms with Gasteiger partial charge in [-0.15, -0.1) is 11.3 Å². The van der Waals surface area contributed by atoms with Crippen molar-refractivity contribution < 1.29 is 9.00 Å². The van der Waals surface area contributed by atoms with Crippen LogP contribution in [0.2, 0.25) is 0 Å². The van der Waals surface area contributed by atoms with E-state index in [1.165, 1.54) is 18.4 Å². The first kappa shape index (κ1) is 10.3. The van der Waals surface area contributed by atoms with E-state index in [0.29, 0.717) is 4.34 Å². The average Bonchev–Trinajstić information content (AvgIpc) is 2.67. The number of hydrogen-bond donors (Lipinski definition) is 1. The molecule has 0 radical (unpaired) electrons. The first-order valence-electron chi connectivity index (χ1n) is 3.68. The zero-order chi connectivity index (χ0) is 9.84. The van der Waals surface area contributed by atoms with Crippen LogP contribution in [0.4, 0.5) is 0 Å². The lowest BCUT2D eigenvalue weighted by molar-refractivity contribution is -0.119. The zero-order valence-corrected chi connectivity index (χ0v) is 8.95. The Balaban J connectivity index is 2.74. The van der Waals surface area contributed by atoms with Crippen molar-refractivity contribution in [2.24, 2.45) is 0 Å². The van der Waals surface area contributed by atoms with Gasteiger partial charge in [0.2, 0.25) is 5.91 Å². The van der Waals surface area contributed by atoms with Crippen LogP contribution < -0.4 is 5.32 Å². The van der Waals surface area contributed by atoms with Gasteiger partial charge in [0.1, 0.15) is 5.25 Å². The molecule has 13 heavy (non-hydrogen) atoms. The van der Waals surface area contributed by atoms with E-state index < -0.39 is 16.0 Å². The minimum atomic E-state index is -1.33. The van der Waals surface area contributed by atoms with Crippen molar-refractivity contribution in [3.05, 3.63) is 11.6 Å². The molecule has 72 valence electrons. The van der Waals surface area contributed by atoms with Gasteiger partial charge in [-0.05, 0) is 6.92 Å². The van der Waals surface area contributed by atoms with Crippen LogP contribution in [0.15, 0.2) is 15.9 Å². The lowest BCUT2D eigenvalue weighted by atomic mass is 10.4. The minimum Gasteiger partial charge on any atom is -0.358 e. The summed E-state index contributed by atoms with van der Waals surface area (Å²) >= 11 is 1.30. The molecule has 1 heterocycles. The molecular weight excluding hydrogens is 208 g/mol. The van der Waals surface area contributed by atoms with Gasteiger partial charge in [0.05, 0.1) is 10.8 Å². The van der Waals surface area contributed by atoms with E-state index in [1.54, 1.807) is 18.5 Å². The van der Waals surface area contributed by atoms with Crippen molar-refractivity contribution in [3.8, 4) is 0 Å². The van der Waals surface area contributed by atoms with E-state index >= 15 is 0 Å². The van der Waals surface area contributed by atoms with Gasteiger partial charge in [-0.25, -0.2) is 4.98 Å². The summed E-state index contributed by atoms with van der Waals surface area (Å²) in [6, 6.07) is 0. The Morgan fingerprint density at radius 2 is 2.46 bits per heavy atom. The van der Waals surface area contributed by atoms with Crippen molar-refractivity contribution in [1.82, 2.24) is 10.3 Å². The molecule has 0 saturated carbocycles. The van der Waals surface area contributed by atoms with Gasteiger partial charge in [-0.3, -0.25) is 9.00 Å². The molecule has 1 amide bonds. The van der Waals surface area contributed by atoms with E-state index in [-0.39, 0.29) is 5.91 Å². The van der Waals surface area contributed by atoms with Crippen LogP contribution in [-0.4, -0.2) is 27.4 Å². The Hall–Kier alpha value is -0.750. The molecule has 0 bridgehead atoms. The number of carbonyl (C=O) groups excluding carboxylic acids is 1. The molecule has 1 aromatic heterocycles. The van der Waals surface area contributed by atoms with Gasteiger partial charge < -0.3 is 5.32 Å². The van der Waals surface area contributed by atoms with Crippen molar-refractivity contribution in [1.29, 1.82) is 0 Å². The van der Waals surface area contributed by atoms with Gasteiger partial charge in [0, 0.05) is 18.6 Å². The van der Waals surface area contributed by atoms with Crippen LogP contribution >= 0.6 is 11.3 Å². The van der Waals surface area contributed by atoms with Crippen LogP contribution in [-0.2, 0) is 15.6 Å².